The maximum atomic E-state index is 10.7. The molecular formula is C12H17N3O3. The fourth-order valence-electron chi connectivity index (χ4n) is 2.06. The highest BCUT2D eigenvalue weighted by atomic mass is 16.5. The molecule has 0 unspecified atom stereocenters. The van der Waals surface area contributed by atoms with Crippen molar-refractivity contribution in [1.82, 2.24) is 10.2 Å². The fraction of sp³-hybridized carbons (Fsp3) is 0.583. The van der Waals surface area contributed by atoms with Crippen molar-refractivity contribution >= 4 is 12.1 Å². The third-order valence-corrected chi connectivity index (χ3v) is 3.18. The van der Waals surface area contributed by atoms with Gasteiger partial charge in [-0.1, -0.05) is 0 Å². The second-order valence-corrected chi connectivity index (χ2v) is 4.24. The van der Waals surface area contributed by atoms with E-state index < -0.39 is 0 Å². The van der Waals surface area contributed by atoms with E-state index in [2.05, 4.69) is 15.1 Å². The van der Waals surface area contributed by atoms with Crippen molar-refractivity contribution in [3.05, 3.63) is 6.07 Å². The van der Waals surface area contributed by atoms with Gasteiger partial charge in [0.2, 0.25) is 0 Å². The summed E-state index contributed by atoms with van der Waals surface area (Å²) in [7, 11) is 3.10. The number of carbonyl (C=O) groups is 1. The largest absolute Gasteiger partial charge is 0.491 e. The molecule has 2 heterocycles. The monoisotopic (exact) mass is 251 g/mol. The van der Waals surface area contributed by atoms with Gasteiger partial charge in [-0.25, -0.2) is 0 Å². The molecule has 0 spiro atoms. The molecule has 6 heteroatoms. The zero-order valence-corrected chi connectivity index (χ0v) is 10.6. The summed E-state index contributed by atoms with van der Waals surface area (Å²) in [4.78, 5) is 12.8. The number of anilines is 1. The van der Waals surface area contributed by atoms with Gasteiger partial charge in [-0.15, -0.1) is 10.2 Å². The maximum absolute atomic E-state index is 10.7. The van der Waals surface area contributed by atoms with Gasteiger partial charge < -0.3 is 19.2 Å². The lowest BCUT2D eigenvalue weighted by Crippen LogP contribution is -2.34. The maximum Gasteiger partial charge on any atom is 0.276 e. The van der Waals surface area contributed by atoms with Crippen LogP contribution < -0.4 is 14.4 Å². The van der Waals surface area contributed by atoms with Crippen molar-refractivity contribution in [3.63, 3.8) is 0 Å². The zero-order valence-electron chi connectivity index (χ0n) is 10.6. The van der Waals surface area contributed by atoms with E-state index in [-0.39, 0.29) is 5.92 Å². The van der Waals surface area contributed by atoms with Crippen molar-refractivity contribution < 1.29 is 14.3 Å². The predicted molar refractivity (Wildman–Crippen MR) is 66.1 cm³/mol. The van der Waals surface area contributed by atoms with Crippen molar-refractivity contribution in [2.75, 3.05) is 32.2 Å². The van der Waals surface area contributed by atoms with Gasteiger partial charge in [0.05, 0.1) is 14.2 Å². The molecule has 6 nitrogen and oxygen atoms in total. The van der Waals surface area contributed by atoms with Crippen LogP contribution >= 0.6 is 0 Å². The lowest BCUT2D eigenvalue weighted by Gasteiger charge is -2.30. The smallest absolute Gasteiger partial charge is 0.276 e. The topological polar surface area (TPSA) is 64.5 Å². The fourth-order valence-corrected chi connectivity index (χ4v) is 2.06. The van der Waals surface area contributed by atoms with Gasteiger partial charge in [0.1, 0.15) is 6.29 Å². The number of aromatic nitrogens is 2. The van der Waals surface area contributed by atoms with Crippen LogP contribution in [0.5, 0.6) is 11.6 Å². The molecule has 0 saturated carbocycles. The molecule has 0 bridgehead atoms. The van der Waals surface area contributed by atoms with Crippen LogP contribution in [-0.4, -0.2) is 43.8 Å². The zero-order chi connectivity index (χ0) is 13.0. The number of hydrogen-bond donors (Lipinski definition) is 0. The summed E-state index contributed by atoms with van der Waals surface area (Å²) in [6.45, 7) is 1.63. The molecule has 98 valence electrons. The number of carbonyl (C=O) groups excluding carboxylic acids is 1. The number of rotatable bonds is 4. The highest BCUT2D eigenvalue weighted by Crippen LogP contribution is 2.28. The summed E-state index contributed by atoms with van der Waals surface area (Å²) in [5.74, 6) is 1.88. The van der Waals surface area contributed by atoms with Crippen LogP contribution in [0.4, 0.5) is 5.82 Å². The van der Waals surface area contributed by atoms with E-state index in [1.54, 1.807) is 7.11 Å². The number of ether oxygens (including phenoxy) is 2. The lowest BCUT2D eigenvalue weighted by molar-refractivity contribution is -0.111. The van der Waals surface area contributed by atoms with Crippen LogP contribution in [0.2, 0.25) is 0 Å². The molecule has 1 aromatic rings. The Morgan fingerprint density at radius 3 is 2.56 bits per heavy atom. The van der Waals surface area contributed by atoms with Gasteiger partial charge >= 0.3 is 0 Å². The molecule has 1 aromatic heterocycles. The second-order valence-electron chi connectivity index (χ2n) is 4.24. The number of piperidine rings is 1. The van der Waals surface area contributed by atoms with Crippen LogP contribution in [0, 0.1) is 5.92 Å². The van der Waals surface area contributed by atoms with Gasteiger partial charge in [-0.05, 0) is 12.8 Å². The van der Waals surface area contributed by atoms with Gasteiger partial charge in [0.15, 0.2) is 11.6 Å². The van der Waals surface area contributed by atoms with Crippen LogP contribution in [0.15, 0.2) is 6.07 Å². The minimum absolute atomic E-state index is 0.175. The molecule has 0 radical (unpaired) electrons. The average molecular weight is 251 g/mol. The van der Waals surface area contributed by atoms with Crippen LogP contribution in [0.3, 0.4) is 0 Å². The molecule has 1 saturated heterocycles. The van der Waals surface area contributed by atoms with E-state index >= 15 is 0 Å². The summed E-state index contributed by atoms with van der Waals surface area (Å²) < 4.78 is 10.2. The summed E-state index contributed by atoms with van der Waals surface area (Å²) in [5.41, 5.74) is 0. The molecule has 1 fully saturated rings. The minimum atomic E-state index is 0.175. The van der Waals surface area contributed by atoms with E-state index in [1.165, 1.54) is 7.11 Å². The highest BCUT2D eigenvalue weighted by molar-refractivity contribution is 5.55. The molecule has 2 rings (SSSR count). The lowest BCUT2D eigenvalue weighted by atomic mass is 9.99. The van der Waals surface area contributed by atoms with Gasteiger partial charge in [-0.2, -0.15) is 0 Å². The van der Waals surface area contributed by atoms with E-state index in [9.17, 15) is 4.79 Å². The highest BCUT2D eigenvalue weighted by Gasteiger charge is 2.21. The predicted octanol–water partition coefficient (Wildman–Crippen LogP) is 0.909. The Kier molecular flexibility index (Phi) is 3.96. The summed E-state index contributed by atoms with van der Waals surface area (Å²) in [6.07, 6.45) is 2.76. The Hall–Kier alpha value is -1.85. The van der Waals surface area contributed by atoms with E-state index in [1.807, 2.05) is 6.07 Å². The number of hydrogen-bond acceptors (Lipinski definition) is 6. The van der Waals surface area contributed by atoms with E-state index in [0.717, 1.165) is 38.0 Å². The molecule has 0 N–H and O–H groups in total. The first kappa shape index (κ1) is 12.6. The Bertz CT molecular complexity index is 417. The normalized spacial score (nSPS) is 16.4. The SMILES string of the molecule is COc1cc(N2CCC(C=O)CC2)nnc1OC. The molecule has 0 aromatic carbocycles. The number of aldehydes is 1. The van der Waals surface area contributed by atoms with Crippen molar-refractivity contribution in [3.8, 4) is 11.6 Å². The average Bonchev–Trinajstić information content (AvgIpc) is 2.46. The third kappa shape index (κ3) is 2.52. The molecule has 18 heavy (non-hydrogen) atoms. The molecule has 1 aliphatic rings. The van der Waals surface area contributed by atoms with Gasteiger partial charge in [-0.3, -0.25) is 0 Å². The summed E-state index contributed by atoms with van der Waals surface area (Å²) in [5, 5.41) is 8.09. The van der Waals surface area contributed by atoms with E-state index in [4.69, 9.17) is 9.47 Å². The first-order chi connectivity index (χ1) is 8.78. The second kappa shape index (κ2) is 5.66. The molecular weight excluding hydrogens is 234 g/mol. The van der Waals surface area contributed by atoms with Crippen molar-refractivity contribution in [2.45, 2.75) is 12.8 Å². The molecule has 0 amide bonds. The Labute approximate surface area is 106 Å². The molecule has 1 aliphatic heterocycles. The van der Waals surface area contributed by atoms with Crippen LogP contribution in [0.25, 0.3) is 0 Å². The molecule has 0 aliphatic carbocycles. The van der Waals surface area contributed by atoms with Gasteiger partial charge in [0.25, 0.3) is 5.88 Å². The van der Waals surface area contributed by atoms with Crippen molar-refractivity contribution in [1.29, 1.82) is 0 Å². The standard InChI is InChI=1S/C12H17N3O3/c1-17-10-7-11(13-14-12(10)18-2)15-5-3-9(8-16)4-6-15/h7-9H,3-6H2,1-2H3. The number of nitrogens with zero attached hydrogens (tertiary/aromatic N) is 3. The molecule has 0 atom stereocenters. The van der Waals surface area contributed by atoms with Crippen LogP contribution in [0.1, 0.15) is 12.8 Å². The van der Waals surface area contributed by atoms with E-state index in [0.29, 0.717) is 11.6 Å². The number of methoxy groups -OCH3 is 2. The summed E-state index contributed by atoms with van der Waals surface area (Å²) >= 11 is 0. The minimum Gasteiger partial charge on any atom is -0.491 e. The Morgan fingerprint density at radius 1 is 1.28 bits per heavy atom. The van der Waals surface area contributed by atoms with Crippen LogP contribution in [-0.2, 0) is 4.79 Å². The quantitative estimate of drug-likeness (QED) is 0.741. The first-order valence-corrected chi connectivity index (χ1v) is 5.94. The van der Waals surface area contributed by atoms with Gasteiger partial charge in [0, 0.05) is 25.1 Å². The van der Waals surface area contributed by atoms with Crippen molar-refractivity contribution in [2.24, 2.45) is 5.92 Å². The summed E-state index contributed by atoms with van der Waals surface area (Å²) in [6, 6.07) is 1.81. The Balaban J connectivity index is 2.12. The Morgan fingerprint density at radius 2 is 2.00 bits per heavy atom. The first-order valence-electron chi connectivity index (χ1n) is 5.94. The third-order valence-electron chi connectivity index (χ3n) is 3.18.